The molecule has 2 aliphatic carbocycles. The Kier molecular flexibility index (Phi) is 7.36. The van der Waals surface area contributed by atoms with Crippen LogP contribution >= 0.6 is 0 Å². The summed E-state index contributed by atoms with van der Waals surface area (Å²) in [6.07, 6.45) is 0. The predicted octanol–water partition coefficient (Wildman–Crippen LogP) is 13.2. The monoisotopic (exact) mass is 768 g/mol. The number of aromatic nitrogens is 4. The standard InChI is InChI=1S/C55H36N4O/c1-55(2)44-27-11-9-22-38(44)42-31-43-39-23-10-12-28-46(39)59(48(43)32-45(42)55)47-29-15-26-41-50(47)49-37(24-14-25-40(49)51(41)60)35-20-13-21-36(30-35)54-57-52(33-16-5-3-6-17-33)56-53(58-54)34-18-7-4-8-19-34/h3-32H,1-2H3. The number of carbonyl (C=O) groups is 1. The zero-order chi connectivity index (χ0) is 40.1. The third kappa shape index (κ3) is 4.99. The van der Waals surface area contributed by atoms with Crippen molar-refractivity contribution >= 4 is 27.6 Å². The third-order valence-corrected chi connectivity index (χ3v) is 12.6. The van der Waals surface area contributed by atoms with Crippen LogP contribution in [0.4, 0.5) is 0 Å². The lowest BCUT2D eigenvalue weighted by Crippen LogP contribution is -2.15. The first-order chi connectivity index (χ1) is 29.4. The Balaban J connectivity index is 1.06. The first kappa shape index (κ1) is 34.3. The molecule has 8 aromatic carbocycles. The highest BCUT2D eigenvalue weighted by atomic mass is 16.1. The van der Waals surface area contributed by atoms with E-state index in [1.807, 2.05) is 91.0 Å². The molecule has 0 unspecified atom stereocenters. The zero-order valence-electron chi connectivity index (χ0n) is 33.0. The molecule has 2 aromatic heterocycles. The normalized spacial score (nSPS) is 13.3. The highest BCUT2D eigenvalue weighted by molar-refractivity contribution is 6.25. The molecule has 0 bridgehead atoms. The van der Waals surface area contributed by atoms with Crippen LogP contribution in [0.5, 0.6) is 0 Å². The van der Waals surface area contributed by atoms with Crippen molar-refractivity contribution in [2.24, 2.45) is 0 Å². The fourth-order valence-electron chi connectivity index (χ4n) is 9.76. The van der Waals surface area contributed by atoms with Crippen molar-refractivity contribution in [1.82, 2.24) is 19.5 Å². The topological polar surface area (TPSA) is 60.7 Å². The van der Waals surface area contributed by atoms with Crippen molar-refractivity contribution < 1.29 is 4.79 Å². The van der Waals surface area contributed by atoms with E-state index in [-0.39, 0.29) is 11.2 Å². The summed E-state index contributed by atoms with van der Waals surface area (Å²) >= 11 is 0. The Hall–Kier alpha value is -7.76. The summed E-state index contributed by atoms with van der Waals surface area (Å²) in [5.41, 5.74) is 16.3. The minimum atomic E-state index is -0.164. The molecule has 0 fully saturated rings. The van der Waals surface area contributed by atoms with Crippen molar-refractivity contribution in [3.8, 4) is 73.2 Å². The highest BCUT2D eigenvalue weighted by Gasteiger charge is 2.37. The summed E-state index contributed by atoms with van der Waals surface area (Å²) in [6.45, 7) is 4.65. The van der Waals surface area contributed by atoms with Gasteiger partial charge in [0.1, 0.15) is 0 Å². The SMILES string of the molecule is CC1(C)c2ccccc2-c2cc3c4ccccc4n(-c4cccc5c4-c4c(cccc4-c4cccc(-c6nc(-c7ccccc7)nc(-c7ccccc7)n6)c4)C5=O)c3cc21. The quantitative estimate of drug-likeness (QED) is 0.175. The van der Waals surface area contributed by atoms with Gasteiger partial charge in [-0.3, -0.25) is 4.79 Å². The highest BCUT2D eigenvalue weighted by Crippen LogP contribution is 2.52. The summed E-state index contributed by atoms with van der Waals surface area (Å²) < 4.78 is 2.39. The molecule has 282 valence electrons. The number of carbonyl (C=O) groups excluding carboxylic acids is 1. The molecule has 0 N–H and O–H groups in total. The van der Waals surface area contributed by atoms with E-state index in [0.29, 0.717) is 28.6 Å². The Morgan fingerprint density at radius 3 is 1.70 bits per heavy atom. The van der Waals surface area contributed by atoms with Gasteiger partial charge in [-0.05, 0) is 63.7 Å². The molecule has 0 amide bonds. The van der Waals surface area contributed by atoms with Gasteiger partial charge in [0, 0.05) is 55.1 Å². The maximum atomic E-state index is 14.5. The van der Waals surface area contributed by atoms with Crippen LogP contribution in [-0.4, -0.2) is 25.3 Å². The molecule has 0 radical (unpaired) electrons. The number of hydrogen-bond acceptors (Lipinski definition) is 4. The molecule has 60 heavy (non-hydrogen) atoms. The second kappa shape index (κ2) is 12.9. The number of fused-ring (bicyclic) bond motifs is 9. The van der Waals surface area contributed by atoms with Gasteiger partial charge in [0.25, 0.3) is 0 Å². The number of rotatable bonds is 5. The molecule has 0 atom stereocenters. The van der Waals surface area contributed by atoms with Crippen molar-refractivity contribution in [2.75, 3.05) is 0 Å². The lowest BCUT2D eigenvalue weighted by molar-refractivity contribution is 0.104. The first-order valence-electron chi connectivity index (χ1n) is 20.4. The van der Waals surface area contributed by atoms with Crippen LogP contribution in [0, 0.1) is 0 Å². The van der Waals surface area contributed by atoms with Crippen LogP contribution in [0.1, 0.15) is 40.9 Å². The van der Waals surface area contributed by atoms with Crippen molar-refractivity contribution in [3.05, 3.63) is 204 Å². The van der Waals surface area contributed by atoms with Crippen molar-refractivity contribution in [3.63, 3.8) is 0 Å². The number of para-hydroxylation sites is 1. The first-order valence-corrected chi connectivity index (χ1v) is 20.4. The van der Waals surface area contributed by atoms with E-state index in [1.54, 1.807) is 0 Å². The van der Waals surface area contributed by atoms with Gasteiger partial charge in [-0.2, -0.15) is 0 Å². The minimum absolute atomic E-state index is 0.0376. The lowest BCUT2D eigenvalue weighted by atomic mass is 9.82. The molecule has 2 heterocycles. The second-order valence-corrected chi connectivity index (χ2v) is 16.3. The third-order valence-electron chi connectivity index (χ3n) is 12.6. The zero-order valence-corrected chi connectivity index (χ0v) is 33.0. The number of nitrogens with zero attached hydrogens (tertiary/aromatic N) is 4. The van der Waals surface area contributed by atoms with Gasteiger partial charge in [-0.25, -0.2) is 15.0 Å². The van der Waals surface area contributed by atoms with Crippen LogP contribution in [0.3, 0.4) is 0 Å². The number of hydrogen-bond donors (Lipinski definition) is 0. The summed E-state index contributed by atoms with van der Waals surface area (Å²) in [6, 6.07) is 62.9. The molecule has 5 nitrogen and oxygen atoms in total. The van der Waals surface area contributed by atoms with Crippen LogP contribution in [0.2, 0.25) is 0 Å². The fraction of sp³-hybridized carbons (Fsp3) is 0.0545. The van der Waals surface area contributed by atoms with E-state index in [0.717, 1.165) is 55.7 Å². The van der Waals surface area contributed by atoms with E-state index in [2.05, 4.69) is 109 Å². The number of benzene rings is 8. The van der Waals surface area contributed by atoms with E-state index in [1.165, 1.54) is 33.0 Å². The Morgan fingerprint density at radius 2 is 0.950 bits per heavy atom. The summed E-state index contributed by atoms with van der Waals surface area (Å²) in [5.74, 6) is 1.84. The maximum Gasteiger partial charge on any atom is 0.194 e. The largest absolute Gasteiger partial charge is 0.309 e. The number of ketones is 1. The molecule has 0 aliphatic heterocycles. The van der Waals surface area contributed by atoms with Gasteiger partial charge in [0.15, 0.2) is 23.3 Å². The van der Waals surface area contributed by atoms with Gasteiger partial charge in [-0.1, -0.05) is 166 Å². The van der Waals surface area contributed by atoms with Gasteiger partial charge < -0.3 is 4.57 Å². The fourth-order valence-corrected chi connectivity index (χ4v) is 9.76. The van der Waals surface area contributed by atoms with Crippen molar-refractivity contribution in [1.29, 1.82) is 0 Å². The smallest absolute Gasteiger partial charge is 0.194 e. The van der Waals surface area contributed by atoms with Gasteiger partial charge >= 0.3 is 0 Å². The molecule has 10 aromatic rings. The molecule has 0 spiro atoms. The van der Waals surface area contributed by atoms with E-state index in [4.69, 9.17) is 15.0 Å². The molecule has 2 aliphatic rings. The van der Waals surface area contributed by atoms with Crippen molar-refractivity contribution in [2.45, 2.75) is 19.3 Å². The Labute approximate surface area is 347 Å². The Bertz CT molecular complexity index is 3360. The average Bonchev–Trinajstić information content (AvgIpc) is 3.88. The molecule has 12 rings (SSSR count). The average molecular weight is 769 g/mol. The van der Waals surface area contributed by atoms with Gasteiger partial charge in [0.05, 0.1) is 16.7 Å². The predicted molar refractivity (Wildman–Crippen MR) is 242 cm³/mol. The summed E-state index contributed by atoms with van der Waals surface area (Å²) in [5, 5.41) is 2.38. The van der Waals surface area contributed by atoms with Gasteiger partial charge in [-0.15, -0.1) is 0 Å². The van der Waals surface area contributed by atoms with E-state index in [9.17, 15) is 4.79 Å². The van der Waals surface area contributed by atoms with E-state index < -0.39 is 0 Å². The van der Waals surface area contributed by atoms with E-state index >= 15 is 0 Å². The summed E-state index contributed by atoms with van der Waals surface area (Å²) in [4.78, 5) is 29.5. The van der Waals surface area contributed by atoms with Crippen LogP contribution in [0.25, 0.3) is 95.0 Å². The lowest BCUT2D eigenvalue weighted by Gasteiger charge is -2.22. The molecular formula is C55H36N4O. The summed E-state index contributed by atoms with van der Waals surface area (Å²) in [7, 11) is 0. The van der Waals surface area contributed by atoms with Crippen LogP contribution in [-0.2, 0) is 5.41 Å². The van der Waals surface area contributed by atoms with Gasteiger partial charge in [0.2, 0.25) is 0 Å². The van der Waals surface area contributed by atoms with Crippen LogP contribution < -0.4 is 0 Å². The Morgan fingerprint density at radius 1 is 0.400 bits per heavy atom. The molecule has 0 saturated heterocycles. The minimum Gasteiger partial charge on any atom is -0.309 e. The molecule has 0 saturated carbocycles. The maximum absolute atomic E-state index is 14.5. The molecule has 5 heteroatoms. The second-order valence-electron chi connectivity index (χ2n) is 16.3. The molecular weight excluding hydrogens is 733 g/mol. The van der Waals surface area contributed by atoms with Crippen LogP contribution in [0.15, 0.2) is 182 Å².